The van der Waals surface area contributed by atoms with Crippen molar-refractivity contribution in [3.63, 3.8) is 0 Å². The molecule has 2 aromatic rings. The van der Waals surface area contributed by atoms with Gasteiger partial charge >= 0.3 is 0 Å². The van der Waals surface area contributed by atoms with Crippen LogP contribution >= 0.6 is 11.6 Å². The largest absolute Gasteiger partial charge is 0.454 e. The summed E-state index contributed by atoms with van der Waals surface area (Å²) in [6.07, 6.45) is 5.23. The first-order valence-corrected chi connectivity index (χ1v) is 7.09. The molecule has 0 radical (unpaired) electrons. The van der Waals surface area contributed by atoms with Crippen molar-refractivity contribution in [1.82, 2.24) is 4.98 Å². The zero-order valence-electron chi connectivity index (χ0n) is 11.8. The Bertz CT molecular complexity index is 586. The van der Waals surface area contributed by atoms with E-state index in [0.717, 1.165) is 24.0 Å². The summed E-state index contributed by atoms with van der Waals surface area (Å²) in [7, 11) is 0. The molecule has 0 aliphatic carbocycles. The summed E-state index contributed by atoms with van der Waals surface area (Å²) in [5.41, 5.74) is 8.13. The van der Waals surface area contributed by atoms with Crippen LogP contribution in [0.3, 0.4) is 0 Å². The minimum atomic E-state index is 0.148. The quantitative estimate of drug-likeness (QED) is 0.901. The van der Waals surface area contributed by atoms with Crippen LogP contribution in [0.4, 0.5) is 0 Å². The Morgan fingerprint density at radius 1 is 1.30 bits per heavy atom. The van der Waals surface area contributed by atoms with Gasteiger partial charge < -0.3 is 10.5 Å². The number of nitrogens with zero attached hydrogens (tertiary/aromatic N) is 1. The number of halogens is 1. The van der Waals surface area contributed by atoms with E-state index >= 15 is 0 Å². The van der Waals surface area contributed by atoms with Crippen LogP contribution in [0.1, 0.15) is 24.5 Å². The fraction of sp³-hybridized carbons (Fsp3) is 0.312. The minimum absolute atomic E-state index is 0.148. The van der Waals surface area contributed by atoms with Gasteiger partial charge in [0.15, 0.2) is 0 Å². The van der Waals surface area contributed by atoms with Crippen molar-refractivity contribution in [2.75, 3.05) is 0 Å². The molecule has 106 valence electrons. The lowest BCUT2D eigenvalue weighted by molar-refractivity contribution is 0.478. The van der Waals surface area contributed by atoms with Gasteiger partial charge in [0.2, 0.25) is 0 Å². The van der Waals surface area contributed by atoms with E-state index in [1.165, 1.54) is 0 Å². The lowest BCUT2D eigenvalue weighted by Gasteiger charge is -2.11. The molecule has 2 N–H and O–H groups in total. The molecule has 1 unspecified atom stereocenters. The summed E-state index contributed by atoms with van der Waals surface area (Å²) >= 11 is 6.13. The van der Waals surface area contributed by atoms with E-state index in [1.54, 1.807) is 6.20 Å². The van der Waals surface area contributed by atoms with E-state index in [9.17, 15) is 0 Å². The average molecular weight is 291 g/mol. The molecule has 0 saturated carbocycles. The molecule has 0 amide bonds. The van der Waals surface area contributed by atoms with E-state index in [1.807, 2.05) is 37.4 Å². The predicted octanol–water partition coefficient (Wildman–Crippen LogP) is 4.12. The molecule has 0 bridgehead atoms. The molecule has 0 fully saturated rings. The molecule has 1 aromatic carbocycles. The number of hydrogen-bond acceptors (Lipinski definition) is 3. The first kappa shape index (κ1) is 14.8. The van der Waals surface area contributed by atoms with Crippen LogP contribution in [0.5, 0.6) is 11.5 Å². The van der Waals surface area contributed by atoms with Crippen molar-refractivity contribution >= 4 is 11.6 Å². The van der Waals surface area contributed by atoms with E-state index in [0.29, 0.717) is 16.5 Å². The van der Waals surface area contributed by atoms with Crippen LogP contribution in [-0.4, -0.2) is 11.0 Å². The Hall–Kier alpha value is -1.58. The monoisotopic (exact) mass is 290 g/mol. The van der Waals surface area contributed by atoms with Crippen LogP contribution in [0.2, 0.25) is 5.02 Å². The number of benzene rings is 1. The number of rotatable bonds is 5. The SMILES string of the molecule is CCC(N)Cc1cncc(Oc2cc(C)ccc2Cl)c1. The molecule has 3 nitrogen and oxygen atoms in total. The van der Waals surface area contributed by atoms with Gasteiger partial charge in [-0.15, -0.1) is 0 Å². The highest BCUT2D eigenvalue weighted by Gasteiger charge is 2.06. The van der Waals surface area contributed by atoms with Gasteiger partial charge in [0.25, 0.3) is 0 Å². The topological polar surface area (TPSA) is 48.1 Å². The maximum absolute atomic E-state index is 6.13. The number of aryl methyl sites for hydroxylation is 1. The third kappa shape index (κ3) is 3.95. The van der Waals surface area contributed by atoms with Crippen molar-refractivity contribution in [2.24, 2.45) is 5.73 Å². The fourth-order valence-electron chi connectivity index (χ4n) is 1.89. The molecular formula is C16H19ClN2O. The van der Waals surface area contributed by atoms with Gasteiger partial charge in [-0.2, -0.15) is 0 Å². The number of nitrogens with two attached hydrogens (primary N) is 1. The highest BCUT2D eigenvalue weighted by molar-refractivity contribution is 6.32. The Labute approximate surface area is 124 Å². The second-order valence-corrected chi connectivity index (χ2v) is 5.34. The molecule has 2 rings (SSSR count). The van der Waals surface area contributed by atoms with Crippen molar-refractivity contribution in [2.45, 2.75) is 32.7 Å². The van der Waals surface area contributed by atoms with E-state index < -0.39 is 0 Å². The van der Waals surface area contributed by atoms with Crippen LogP contribution < -0.4 is 10.5 Å². The molecule has 0 aliphatic heterocycles. The highest BCUT2D eigenvalue weighted by atomic mass is 35.5. The van der Waals surface area contributed by atoms with Crippen molar-refractivity contribution in [3.8, 4) is 11.5 Å². The molecule has 0 spiro atoms. The summed E-state index contributed by atoms with van der Waals surface area (Å²) < 4.78 is 5.81. The van der Waals surface area contributed by atoms with Crippen LogP contribution in [0, 0.1) is 6.92 Å². The number of hydrogen-bond donors (Lipinski definition) is 1. The third-order valence-corrected chi connectivity index (χ3v) is 3.42. The van der Waals surface area contributed by atoms with Gasteiger partial charge in [0.05, 0.1) is 11.2 Å². The van der Waals surface area contributed by atoms with Gasteiger partial charge in [-0.25, -0.2) is 0 Å². The summed E-state index contributed by atoms with van der Waals surface area (Å²) in [5.74, 6) is 1.32. The predicted molar refractivity (Wildman–Crippen MR) is 82.5 cm³/mol. The molecule has 1 heterocycles. The second-order valence-electron chi connectivity index (χ2n) is 4.94. The molecule has 1 aromatic heterocycles. The van der Waals surface area contributed by atoms with E-state index in [2.05, 4.69) is 11.9 Å². The van der Waals surface area contributed by atoms with Gasteiger partial charge in [-0.1, -0.05) is 24.6 Å². The van der Waals surface area contributed by atoms with Crippen molar-refractivity contribution in [3.05, 3.63) is 52.8 Å². The van der Waals surface area contributed by atoms with Crippen LogP contribution in [0.25, 0.3) is 0 Å². The third-order valence-electron chi connectivity index (χ3n) is 3.11. The Balaban J connectivity index is 2.17. The Morgan fingerprint density at radius 3 is 2.85 bits per heavy atom. The maximum Gasteiger partial charge on any atom is 0.146 e. The lowest BCUT2D eigenvalue weighted by atomic mass is 10.1. The van der Waals surface area contributed by atoms with Gasteiger partial charge in [-0.05, 0) is 49.1 Å². The molecule has 20 heavy (non-hydrogen) atoms. The maximum atomic E-state index is 6.13. The normalized spacial score (nSPS) is 12.2. The van der Waals surface area contributed by atoms with Gasteiger partial charge in [-0.3, -0.25) is 4.98 Å². The van der Waals surface area contributed by atoms with Crippen LogP contribution in [-0.2, 0) is 6.42 Å². The van der Waals surface area contributed by atoms with Gasteiger partial charge in [0.1, 0.15) is 11.5 Å². The first-order chi connectivity index (χ1) is 9.58. The van der Waals surface area contributed by atoms with Gasteiger partial charge in [0, 0.05) is 12.2 Å². The Morgan fingerprint density at radius 2 is 2.10 bits per heavy atom. The molecule has 1 atom stereocenters. The van der Waals surface area contributed by atoms with Crippen LogP contribution in [0.15, 0.2) is 36.7 Å². The number of ether oxygens (including phenoxy) is 1. The zero-order valence-corrected chi connectivity index (χ0v) is 12.5. The minimum Gasteiger partial charge on any atom is -0.454 e. The molecule has 0 aliphatic rings. The number of pyridine rings is 1. The summed E-state index contributed by atoms with van der Waals surface area (Å²) in [6.45, 7) is 4.07. The molecular weight excluding hydrogens is 272 g/mol. The fourth-order valence-corrected chi connectivity index (χ4v) is 2.05. The lowest BCUT2D eigenvalue weighted by Crippen LogP contribution is -2.21. The summed E-state index contributed by atoms with van der Waals surface area (Å²) in [6, 6.07) is 7.80. The zero-order chi connectivity index (χ0) is 14.5. The average Bonchev–Trinajstić information content (AvgIpc) is 2.43. The van der Waals surface area contributed by atoms with Crippen molar-refractivity contribution in [1.29, 1.82) is 0 Å². The smallest absolute Gasteiger partial charge is 0.146 e. The standard InChI is InChI=1S/C16H19ClN2O/c1-3-13(18)7-12-8-14(10-19-9-12)20-16-6-11(2)4-5-15(16)17/h4-6,8-10,13H,3,7,18H2,1-2H3. The highest BCUT2D eigenvalue weighted by Crippen LogP contribution is 2.30. The summed E-state index contributed by atoms with van der Waals surface area (Å²) in [4.78, 5) is 4.20. The van der Waals surface area contributed by atoms with E-state index in [4.69, 9.17) is 22.1 Å². The number of aromatic nitrogens is 1. The molecule has 4 heteroatoms. The van der Waals surface area contributed by atoms with E-state index in [-0.39, 0.29) is 6.04 Å². The Kier molecular flexibility index (Phi) is 4.99. The second kappa shape index (κ2) is 6.73. The first-order valence-electron chi connectivity index (χ1n) is 6.72. The van der Waals surface area contributed by atoms with Crippen molar-refractivity contribution < 1.29 is 4.74 Å². The molecule has 0 saturated heterocycles. The summed E-state index contributed by atoms with van der Waals surface area (Å²) in [5, 5.41) is 0.589.